The predicted octanol–water partition coefficient (Wildman–Crippen LogP) is 6.17. The Morgan fingerprint density at radius 2 is 0.821 bits per heavy atom. The predicted molar refractivity (Wildman–Crippen MR) is 106 cm³/mol. The van der Waals surface area contributed by atoms with Gasteiger partial charge in [-0.05, 0) is 83.6 Å². The number of nitrogens with zero attached hydrogens (tertiary/aromatic N) is 2. The van der Waals surface area contributed by atoms with E-state index in [2.05, 4.69) is 12.1 Å². The Labute approximate surface area is 162 Å². The summed E-state index contributed by atoms with van der Waals surface area (Å²) >= 11 is 0. The van der Waals surface area contributed by atoms with Crippen molar-refractivity contribution in [2.24, 2.45) is 0 Å². The van der Waals surface area contributed by atoms with Crippen molar-refractivity contribution in [1.29, 1.82) is 10.5 Å². The zero-order chi connectivity index (χ0) is 19.3. The molecule has 4 nitrogen and oxygen atoms in total. The Morgan fingerprint density at radius 3 is 1.18 bits per heavy atom. The monoisotopic (exact) mass is 362 g/mol. The van der Waals surface area contributed by atoms with Crippen molar-refractivity contribution in [3.05, 3.63) is 96.1 Å². The molecule has 0 saturated heterocycles. The zero-order valence-electron chi connectivity index (χ0n) is 14.8. The number of hydrogen-bond acceptors (Lipinski definition) is 4. The molecule has 0 bridgehead atoms. The second-order valence-electron chi connectivity index (χ2n) is 6.15. The first-order valence-electron chi connectivity index (χ1n) is 8.63. The van der Waals surface area contributed by atoms with Crippen LogP contribution in [0.3, 0.4) is 0 Å². The van der Waals surface area contributed by atoms with Gasteiger partial charge in [0.05, 0.1) is 23.3 Å². The van der Waals surface area contributed by atoms with Gasteiger partial charge in [-0.25, -0.2) is 0 Å². The van der Waals surface area contributed by atoms with Crippen molar-refractivity contribution < 1.29 is 9.47 Å². The zero-order valence-corrected chi connectivity index (χ0v) is 14.8. The molecular formula is C24H14N2O2. The summed E-state index contributed by atoms with van der Waals surface area (Å²) in [6, 6.07) is 29.8. The summed E-state index contributed by atoms with van der Waals surface area (Å²) in [6.45, 7) is 0. The molecule has 28 heavy (non-hydrogen) atoms. The molecule has 0 heterocycles. The minimum atomic E-state index is 0.598. The number of benzene rings is 4. The molecule has 4 heteroatoms. The van der Waals surface area contributed by atoms with E-state index in [4.69, 9.17) is 20.0 Å². The average molecular weight is 362 g/mol. The van der Waals surface area contributed by atoms with Crippen LogP contribution in [-0.2, 0) is 0 Å². The standard InChI is InChI=1S/C24H14N2O2/c25-15-17-1-7-21(8-2-17)27-23-11-5-20-14-24(12-6-19(20)13-23)28-22-9-3-18(16-26)4-10-22/h1-14H. The first kappa shape index (κ1) is 17.1. The first-order chi connectivity index (χ1) is 13.7. The van der Waals surface area contributed by atoms with Crippen LogP contribution in [0.1, 0.15) is 11.1 Å². The number of ether oxygens (including phenoxy) is 2. The third kappa shape index (κ3) is 3.77. The van der Waals surface area contributed by atoms with Crippen LogP contribution in [0.2, 0.25) is 0 Å². The highest BCUT2D eigenvalue weighted by molar-refractivity contribution is 5.85. The summed E-state index contributed by atoms with van der Waals surface area (Å²) in [5.74, 6) is 2.80. The molecule has 0 unspecified atom stereocenters. The van der Waals surface area contributed by atoms with E-state index in [1.807, 2.05) is 36.4 Å². The molecule has 4 rings (SSSR count). The van der Waals surface area contributed by atoms with Crippen molar-refractivity contribution in [2.75, 3.05) is 0 Å². The molecule has 0 N–H and O–H groups in total. The number of hydrogen-bond donors (Lipinski definition) is 0. The van der Waals surface area contributed by atoms with Crippen LogP contribution in [0.4, 0.5) is 0 Å². The minimum absolute atomic E-state index is 0.598. The van der Waals surface area contributed by atoms with Gasteiger partial charge in [0.15, 0.2) is 0 Å². The fourth-order valence-electron chi connectivity index (χ4n) is 2.80. The van der Waals surface area contributed by atoms with E-state index >= 15 is 0 Å². The third-order valence-electron chi connectivity index (χ3n) is 4.22. The summed E-state index contributed by atoms with van der Waals surface area (Å²) < 4.78 is 11.7. The molecule has 0 aliphatic rings. The summed E-state index contributed by atoms with van der Waals surface area (Å²) in [6.07, 6.45) is 0. The second kappa shape index (κ2) is 7.53. The summed E-state index contributed by atoms with van der Waals surface area (Å²) in [5, 5.41) is 19.8. The van der Waals surface area contributed by atoms with Crippen LogP contribution in [0.5, 0.6) is 23.0 Å². The highest BCUT2D eigenvalue weighted by atomic mass is 16.5. The minimum Gasteiger partial charge on any atom is -0.457 e. The lowest BCUT2D eigenvalue weighted by atomic mass is 10.1. The maximum atomic E-state index is 8.86. The first-order valence-corrected chi connectivity index (χ1v) is 8.63. The Bertz CT molecular complexity index is 1120. The van der Waals surface area contributed by atoms with E-state index < -0.39 is 0 Å². The van der Waals surface area contributed by atoms with Crippen molar-refractivity contribution in [3.8, 4) is 35.1 Å². The van der Waals surface area contributed by atoms with Crippen molar-refractivity contribution in [1.82, 2.24) is 0 Å². The molecule has 4 aromatic carbocycles. The lowest BCUT2D eigenvalue weighted by Gasteiger charge is -2.09. The molecule has 0 aromatic heterocycles. The second-order valence-corrected chi connectivity index (χ2v) is 6.15. The molecular weight excluding hydrogens is 348 g/mol. The Morgan fingerprint density at radius 1 is 0.464 bits per heavy atom. The van der Waals surface area contributed by atoms with Crippen molar-refractivity contribution in [3.63, 3.8) is 0 Å². The quantitative estimate of drug-likeness (QED) is 0.435. The average Bonchev–Trinajstić information content (AvgIpc) is 2.75. The molecule has 0 spiro atoms. The van der Waals surface area contributed by atoms with Gasteiger partial charge in [0.1, 0.15) is 23.0 Å². The van der Waals surface area contributed by atoms with Crippen LogP contribution in [0.15, 0.2) is 84.9 Å². The van der Waals surface area contributed by atoms with Gasteiger partial charge >= 0.3 is 0 Å². The van der Waals surface area contributed by atoms with Crippen LogP contribution in [0, 0.1) is 22.7 Å². The van der Waals surface area contributed by atoms with Crippen LogP contribution >= 0.6 is 0 Å². The SMILES string of the molecule is N#Cc1ccc(Oc2ccc3cc(Oc4ccc(C#N)cc4)ccc3c2)cc1. The number of fused-ring (bicyclic) bond motifs is 1. The summed E-state index contributed by atoms with van der Waals surface area (Å²) in [4.78, 5) is 0. The topological polar surface area (TPSA) is 66.0 Å². The van der Waals surface area contributed by atoms with Crippen molar-refractivity contribution in [2.45, 2.75) is 0 Å². The van der Waals surface area contributed by atoms with Gasteiger partial charge in [0, 0.05) is 0 Å². The molecule has 0 fully saturated rings. The third-order valence-corrected chi connectivity index (χ3v) is 4.22. The van der Waals surface area contributed by atoms with E-state index in [-0.39, 0.29) is 0 Å². The fourth-order valence-corrected chi connectivity index (χ4v) is 2.80. The van der Waals surface area contributed by atoms with E-state index in [0.29, 0.717) is 22.6 Å². The Hall–Kier alpha value is -4.28. The van der Waals surface area contributed by atoms with Gasteiger partial charge in [-0.2, -0.15) is 10.5 Å². The summed E-state index contributed by atoms with van der Waals surface area (Å²) in [7, 11) is 0. The van der Waals surface area contributed by atoms with Gasteiger partial charge in [-0.3, -0.25) is 0 Å². The number of rotatable bonds is 4. The lowest BCUT2D eigenvalue weighted by molar-refractivity contribution is 0.481. The smallest absolute Gasteiger partial charge is 0.128 e. The van der Waals surface area contributed by atoms with E-state index in [9.17, 15) is 0 Å². The molecule has 132 valence electrons. The van der Waals surface area contributed by atoms with Crippen LogP contribution in [-0.4, -0.2) is 0 Å². The van der Waals surface area contributed by atoms with Crippen LogP contribution in [0.25, 0.3) is 10.8 Å². The van der Waals surface area contributed by atoms with Gasteiger partial charge in [0.25, 0.3) is 0 Å². The maximum Gasteiger partial charge on any atom is 0.128 e. The molecule has 0 aliphatic heterocycles. The van der Waals surface area contributed by atoms with E-state index in [1.165, 1.54) is 0 Å². The molecule has 0 atom stereocenters. The maximum absolute atomic E-state index is 8.86. The molecule has 0 amide bonds. The normalized spacial score (nSPS) is 10.1. The molecule has 4 aromatic rings. The fraction of sp³-hybridized carbons (Fsp3) is 0. The van der Waals surface area contributed by atoms with Gasteiger partial charge < -0.3 is 9.47 Å². The Kier molecular flexibility index (Phi) is 4.61. The van der Waals surface area contributed by atoms with Crippen molar-refractivity contribution >= 4 is 10.8 Å². The molecule has 0 aliphatic carbocycles. The Balaban J connectivity index is 1.53. The molecule has 0 radical (unpaired) electrons. The largest absolute Gasteiger partial charge is 0.457 e. The number of nitriles is 2. The van der Waals surface area contributed by atoms with Gasteiger partial charge in [-0.15, -0.1) is 0 Å². The highest BCUT2D eigenvalue weighted by Gasteiger charge is 2.03. The lowest BCUT2D eigenvalue weighted by Crippen LogP contribution is -1.87. The molecule has 0 saturated carbocycles. The summed E-state index contributed by atoms with van der Waals surface area (Å²) in [5.41, 5.74) is 1.20. The van der Waals surface area contributed by atoms with Gasteiger partial charge in [-0.1, -0.05) is 12.1 Å². The van der Waals surface area contributed by atoms with E-state index in [1.54, 1.807) is 48.5 Å². The van der Waals surface area contributed by atoms with E-state index in [0.717, 1.165) is 22.3 Å². The highest BCUT2D eigenvalue weighted by Crippen LogP contribution is 2.30. The van der Waals surface area contributed by atoms with Gasteiger partial charge in [0.2, 0.25) is 0 Å². The van der Waals surface area contributed by atoms with Crippen LogP contribution < -0.4 is 9.47 Å².